The number of halogens is 2. The van der Waals surface area contributed by atoms with E-state index in [1.54, 1.807) is 0 Å². The maximum Gasteiger partial charge on any atom is 0.0941 e. The Morgan fingerprint density at radius 1 is 1.25 bits per heavy atom. The van der Waals surface area contributed by atoms with E-state index in [0.717, 1.165) is 24.3 Å². The predicted octanol–water partition coefficient (Wildman–Crippen LogP) is 4.50. The highest BCUT2D eigenvalue weighted by Crippen LogP contribution is 2.37. The van der Waals surface area contributed by atoms with Gasteiger partial charge in [0.2, 0.25) is 0 Å². The molecule has 0 radical (unpaired) electrons. The second-order valence-electron chi connectivity index (χ2n) is 2.36. The van der Waals surface area contributed by atoms with Gasteiger partial charge >= 0.3 is 0 Å². The Morgan fingerprint density at radius 3 is 2.67 bits per heavy atom. The standard InChI is InChI=1S/C8H4Cl2S2/c9-5-1-2-6(11)4-3-7(10)12-8(4)5/h1-3,11H. The van der Waals surface area contributed by atoms with Crippen LogP contribution in [0.4, 0.5) is 0 Å². The van der Waals surface area contributed by atoms with E-state index >= 15 is 0 Å². The van der Waals surface area contributed by atoms with Gasteiger partial charge in [0, 0.05) is 10.3 Å². The van der Waals surface area contributed by atoms with Gasteiger partial charge in [0.15, 0.2) is 0 Å². The average molecular weight is 235 g/mol. The molecule has 1 aromatic heterocycles. The van der Waals surface area contributed by atoms with Crippen molar-refractivity contribution in [1.29, 1.82) is 0 Å². The quantitative estimate of drug-likeness (QED) is 0.638. The molecule has 0 N–H and O–H groups in total. The second kappa shape index (κ2) is 3.11. The minimum atomic E-state index is 0.736. The Kier molecular flexibility index (Phi) is 2.25. The summed E-state index contributed by atoms with van der Waals surface area (Å²) in [6.07, 6.45) is 0. The van der Waals surface area contributed by atoms with Crippen LogP contribution in [-0.4, -0.2) is 0 Å². The molecule has 0 saturated carbocycles. The summed E-state index contributed by atoms with van der Waals surface area (Å²) in [4.78, 5) is 0.914. The van der Waals surface area contributed by atoms with Gasteiger partial charge < -0.3 is 0 Å². The van der Waals surface area contributed by atoms with Crippen LogP contribution in [0.3, 0.4) is 0 Å². The molecule has 0 aliphatic carbocycles. The molecule has 2 aromatic rings. The first-order valence-electron chi connectivity index (χ1n) is 3.25. The number of thiol groups is 1. The van der Waals surface area contributed by atoms with Crippen molar-refractivity contribution in [2.24, 2.45) is 0 Å². The summed E-state index contributed by atoms with van der Waals surface area (Å²) in [6.45, 7) is 0. The minimum absolute atomic E-state index is 0.736. The zero-order chi connectivity index (χ0) is 8.72. The Hall–Kier alpha value is 0.110. The van der Waals surface area contributed by atoms with E-state index in [9.17, 15) is 0 Å². The van der Waals surface area contributed by atoms with Crippen LogP contribution in [0, 0.1) is 0 Å². The summed E-state index contributed by atoms with van der Waals surface area (Å²) in [7, 11) is 0. The Bertz CT molecular complexity index is 395. The molecule has 1 aromatic carbocycles. The zero-order valence-corrected chi connectivity index (χ0v) is 9.07. The molecule has 0 fully saturated rings. The van der Waals surface area contributed by atoms with Crippen LogP contribution in [0.2, 0.25) is 9.36 Å². The maximum absolute atomic E-state index is 5.96. The Balaban J connectivity index is 2.93. The Morgan fingerprint density at radius 2 is 2.00 bits per heavy atom. The first kappa shape index (κ1) is 8.70. The van der Waals surface area contributed by atoms with Gasteiger partial charge in [-0.05, 0) is 18.2 Å². The number of benzene rings is 1. The van der Waals surface area contributed by atoms with Gasteiger partial charge in [0.1, 0.15) is 0 Å². The smallest absolute Gasteiger partial charge is 0.0941 e. The summed E-state index contributed by atoms with van der Waals surface area (Å²) in [5, 5.41) is 1.76. The molecule has 0 saturated heterocycles. The monoisotopic (exact) mass is 234 g/mol. The predicted molar refractivity (Wildman–Crippen MR) is 59.1 cm³/mol. The van der Waals surface area contributed by atoms with E-state index in [2.05, 4.69) is 12.6 Å². The van der Waals surface area contributed by atoms with Crippen molar-refractivity contribution < 1.29 is 0 Å². The van der Waals surface area contributed by atoms with Gasteiger partial charge in [-0.15, -0.1) is 24.0 Å². The fourth-order valence-corrected chi connectivity index (χ4v) is 2.81. The lowest BCUT2D eigenvalue weighted by molar-refractivity contribution is 1.59. The number of thiophene rings is 1. The highest BCUT2D eigenvalue weighted by atomic mass is 35.5. The number of hydrogen-bond acceptors (Lipinski definition) is 2. The van der Waals surface area contributed by atoms with Crippen molar-refractivity contribution in [1.82, 2.24) is 0 Å². The van der Waals surface area contributed by atoms with Crippen molar-refractivity contribution in [2.45, 2.75) is 4.90 Å². The van der Waals surface area contributed by atoms with Crippen molar-refractivity contribution in [3.63, 3.8) is 0 Å². The van der Waals surface area contributed by atoms with Crippen molar-refractivity contribution >= 4 is 57.3 Å². The minimum Gasteiger partial charge on any atom is -0.143 e. The lowest BCUT2D eigenvalue weighted by Crippen LogP contribution is -1.68. The van der Waals surface area contributed by atoms with Crippen molar-refractivity contribution in [2.75, 3.05) is 0 Å². The van der Waals surface area contributed by atoms with Crippen LogP contribution in [0.15, 0.2) is 23.1 Å². The van der Waals surface area contributed by atoms with Crippen molar-refractivity contribution in [3.8, 4) is 0 Å². The molecule has 0 atom stereocenters. The average Bonchev–Trinajstić information content (AvgIpc) is 2.41. The summed E-state index contributed by atoms with van der Waals surface area (Å²) in [5.74, 6) is 0. The van der Waals surface area contributed by atoms with Crippen LogP contribution >= 0.6 is 47.2 Å². The summed E-state index contributed by atoms with van der Waals surface area (Å²) in [5.41, 5.74) is 0. The molecule has 62 valence electrons. The second-order valence-corrected chi connectivity index (χ2v) is 4.93. The van der Waals surface area contributed by atoms with Crippen LogP contribution in [0.25, 0.3) is 10.1 Å². The number of fused-ring (bicyclic) bond motifs is 1. The van der Waals surface area contributed by atoms with Crippen LogP contribution in [0.5, 0.6) is 0 Å². The Labute approximate surface area is 89.5 Å². The third-order valence-corrected chi connectivity index (χ3v) is 3.70. The highest BCUT2D eigenvalue weighted by molar-refractivity contribution is 7.80. The molecule has 2 rings (SSSR count). The molecule has 0 unspecified atom stereocenters. The van der Waals surface area contributed by atoms with Crippen LogP contribution in [0.1, 0.15) is 0 Å². The zero-order valence-electron chi connectivity index (χ0n) is 5.84. The fourth-order valence-electron chi connectivity index (χ4n) is 1.05. The molecule has 0 nitrogen and oxygen atoms in total. The molecule has 0 aliphatic heterocycles. The highest BCUT2D eigenvalue weighted by Gasteiger charge is 2.05. The largest absolute Gasteiger partial charge is 0.143 e. The van der Waals surface area contributed by atoms with Crippen LogP contribution < -0.4 is 0 Å². The molecule has 4 heteroatoms. The first-order chi connectivity index (χ1) is 5.68. The molecule has 0 amide bonds. The number of rotatable bonds is 0. The van der Waals surface area contributed by atoms with E-state index in [0.29, 0.717) is 0 Å². The molecular formula is C8H4Cl2S2. The SMILES string of the molecule is Sc1ccc(Cl)c2sc(Cl)cc12. The van der Waals surface area contributed by atoms with Gasteiger partial charge in [-0.25, -0.2) is 0 Å². The lowest BCUT2D eigenvalue weighted by Gasteiger charge is -1.95. The van der Waals surface area contributed by atoms with E-state index in [4.69, 9.17) is 23.2 Å². The molecule has 0 aliphatic rings. The third-order valence-electron chi connectivity index (χ3n) is 1.58. The summed E-state index contributed by atoms with van der Waals surface area (Å²) < 4.78 is 1.75. The summed E-state index contributed by atoms with van der Waals surface area (Å²) in [6, 6.07) is 5.59. The van der Waals surface area contributed by atoms with Crippen LogP contribution in [-0.2, 0) is 0 Å². The maximum atomic E-state index is 5.96. The first-order valence-corrected chi connectivity index (χ1v) is 5.27. The van der Waals surface area contributed by atoms with Crippen molar-refractivity contribution in [3.05, 3.63) is 27.6 Å². The summed E-state index contributed by atoms with van der Waals surface area (Å²) >= 11 is 17.6. The molecule has 0 bridgehead atoms. The molecule has 0 spiro atoms. The van der Waals surface area contributed by atoms with Gasteiger partial charge in [0.05, 0.1) is 14.1 Å². The van der Waals surface area contributed by atoms with E-state index in [1.165, 1.54) is 11.3 Å². The topological polar surface area (TPSA) is 0 Å². The van der Waals surface area contributed by atoms with Gasteiger partial charge in [0.25, 0.3) is 0 Å². The molecule has 1 heterocycles. The van der Waals surface area contributed by atoms with E-state index in [-0.39, 0.29) is 0 Å². The third kappa shape index (κ3) is 1.33. The normalized spacial score (nSPS) is 10.9. The van der Waals surface area contributed by atoms with Gasteiger partial charge in [-0.3, -0.25) is 0 Å². The fraction of sp³-hybridized carbons (Fsp3) is 0. The number of hydrogen-bond donors (Lipinski definition) is 1. The van der Waals surface area contributed by atoms with E-state index < -0.39 is 0 Å². The van der Waals surface area contributed by atoms with Gasteiger partial charge in [-0.2, -0.15) is 0 Å². The van der Waals surface area contributed by atoms with Gasteiger partial charge in [-0.1, -0.05) is 23.2 Å². The molecule has 12 heavy (non-hydrogen) atoms. The molecular weight excluding hydrogens is 231 g/mol. The van der Waals surface area contributed by atoms with E-state index in [1.807, 2.05) is 18.2 Å². The lowest BCUT2D eigenvalue weighted by atomic mass is 10.3.